The number of fused-ring (bicyclic) bond motifs is 2. The van der Waals surface area contributed by atoms with Crippen molar-refractivity contribution >= 4 is 29.0 Å². The fourth-order valence-electron chi connectivity index (χ4n) is 3.02. The number of nitrogens with zero attached hydrogens (tertiary/aromatic N) is 5. The van der Waals surface area contributed by atoms with Crippen LogP contribution in [0, 0.1) is 16.0 Å². The number of carbonyl (C=O) groups is 1. The number of nitro groups is 1. The molecular weight excluding hydrogens is 354 g/mol. The highest BCUT2D eigenvalue weighted by atomic mass is 32.2. The SMILES string of the molecule is C[C@H]1CC(=O)c2cn3nc(SCc4cccc([N+](=O)[O-])c4)nc3nc2C1. The molecule has 0 bridgehead atoms. The number of Topliss-reactive ketones (excluding diaryl/α,β-unsaturated/α-hetero) is 1. The highest BCUT2D eigenvalue weighted by molar-refractivity contribution is 7.98. The van der Waals surface area contributed by atoms with Gasteiger partial charge in [0.25, 0.3) is 11.5 Å². The zero-order valence-electron chi connectivity index (χ0n) is 14.0. The predicted octanol–water partition coefficient (Wildman–Crippen LogP) is 3.09. The second-order valence-electron chi connectivity index (χ2n) is 6.39. The molecule has 1 atom stereocenters. The van der Waals surface area contributed by atoms with Gasteiger partial charge in [-0.25, -0.2) is 9.50 Å². The van der Waals surface area contributed by atoms with E-state index in [2.05, 4.69) is 15.1 Å². The van der Waals surface area contributed by atoms with Crippen molar-refractivity contribution in [2.45, 2.75) is 30.7 Å². The topological polar surface area (TPSA) is 103 Å². The third kappa shape index (κ3) is 3.17. The van der Waals surface area contributed by atoms with Crippen molar-refractivity contribution in [3.8, 4) is 0 Å². The molecule has 0 saturated heterocycles. The molecule has 0 N–H and O–H groups in total. The molecule has 0 spiro atoms. The van der Waals surface area contributed by atoms with Crippen LogP contribution in [-0.2, 0) is 12.2 Å². The van der Waals surface area contributed by atoms with Crippen LogP contribution in [0.3, 0.4) is 0 Å². The fraction of sp³-hybridized carbons (Fsp3) is 0.294. The Morgan fingerprint density at radius 3 is 3.00 bits per heavy atom. The lowest BCUT2D eigenvalue weighted by atomic mass is 9.88. The Kier molecular flexibility index (Phi) is 4.15. The molecule has 132 valence electrons. The molecule has 9 heteroatoms. The highest BCUT2D eigenvalue weighted by Crippen LogP contribution is 2.26. The summed E-state index contributed by atoms with van der Waals surface area (Å²) in [6, 6.07) is 6.49. The van der Waals surface area contributed by atoms with Crippen molar-refractivity contribution in [1.82, 2.24) is 19.6 Å². The average molecular weight is 369 g/mol. The molecule has 0 amide bonds. The van der Waals surface area contributed by atoms with Gasteiger partial charge in [-0.2, -0.15) is 4.98 Å². The summed E-state index contributed by atoms with van der Waals surface area (Å²) >= 11 is 1.37. The number of non-ortho nitro benzene ring substituents is 1. The Labute approximate surface area is 152 Å². The largest absolute Gasteiger partial charge is 0.294 e. The minimum Gasteiger partial charge on any atom is -0.294 e. The van der Waals surface area contributed by atoms with E-state index in [0.29, 0.717) is 28.7 Å². The number of hydrogen-bond donors (Lipinski definition) is 0. The van der Waals surface area contributed by atoms with Gasteiger partial charge in [0.1, 0.15) is 0 Å². The maximum atomic E-state index is 12.2. The van der Waals surface area contributed by atoms with Gasteiger partial charge in [-0.3, -0.25) is 14.9 Å². The van der Waals surface area contributed by atoms with E-state index in [1.807, 2.05) is 13.0 Å². The molecule has 0 aliphatic heterocycles. The van der Waals surface area contributed by atoms with Crippen LogP contribution in [0.4, 0.5) is 5.69 Å². The van der Waals surface area contributed by atoms with Gasteiger partial charge in [0, 0.05) is 30.5 Å². The molecule has 0 unspecified atom stereocenters. The van der Waals surface area contributed by atoms with Gasteiger partial charge in [0.15, 0.2) is 5.78 Å². The molecule has 0 saturated carbocycles. The van der Waals surface area contributed by atoms with Gasteiger partial charge >= 0.3 is 0 Å². The Morgan fingerprint density at radius 2 is 2.19 bits per heavy atom. The Balaban J connectivity index is 1.57. The van der Waals surface area contributed by atoms with Crippen LogP contribution < -0.4 is 0 Å². The van der Waals surface area contributed by atoms with E-state index in [9.17, 15) is 14.9 Å². The average Bonchev–Trinajstić information content (AvgIpc) is 3.00. The van der Waals surface area contributed by atoms with Crippen LogP contribution in [0.25, 0.3) is 5.78 Å². The zero-order chi connectivity index (χ0) is 18.3. The summed E-state index contributed by atoms with van der Waals surface area (Å²) in [5, 5.41) is 15.7. The van der Waals surface area contributed by atoms with E-state index >= 15 is 0 Å². The minimum absolute atomic E-state index is 0.0630. The van der Waals surface area contributed by atoms with Crippen LogP contribution in [0.1, 0.15) is 35.0 Å². The van der Waals surface area contributed by atoms with Crippen LogP contribution in [0.5, 0.6) is 0 Å². The summed E-state index contributed by atoms with van der Waals surface area (Å²) in [7, 11) is 0. The van der Waals surface area contributed by atoms with E-state index in [4.69, 9.17) is 0 Å². The summed E-state index contributed by atoms with van der Waals surface area (Å²) < 4.78 is 1.53. The number of ketones is 1. The summed E-state index contributed by atoms with van der Waals surface area (Å²) in [5.41, 5.74) is 2.28. The third-order valence-corrected chi connectivity index (χ3v) is 5.17. The summed E-state index contributed by atoms with van der Waals surface area (Å²) in [4.78, 5) is 31.5. The molecule has 0 fully saturated rings. The molecule has 1 aliphatic carbocycles. The molecule has 26 heavy (non-hydrogen) atoms. The first-order valence-corrected chi connectivity index (χ1v) is 9.14. The normalized spacial score (nSPS) is 16.7. The first-order chi connectivity index (χ1) is 12.5. The monoisotopic (exact) mass is 369 g/mol. The summed E-state index contributed by atoms with van der Waals surface area (Å²) in [5.74, 6) is 1.35. The molecule has 0 radical (unpaired) electrons. The molecular formula is C17H15N5O3S. The minimum atomic E-state index is -0.413. The van der Waals surface area contributed by atoms with E-state index in [0.717, 1.165) is 17.7 Å². The second kappa shape index (κ2) is 6.49. The van der Waals surface area contributed by atoms with Crippen LogP contribution >= 0.6 is 11.8 Å². The van der Waals surface area contributed by atoms with Crippen molar-refractivity contribution in [3.05, 3.63) is 57.4 Å². The van der Waals surface area contributed by atoms with Gasteiger partial charge in [-0.1, -0.05) is 30.8 Å². The Bertz CT molecular complexity index is 1030. The van der Waals surface area contributed by atoms with E-state index < -0.39 is 4.92 Å². The Morgan fingerprint density at radius 1 is 1.35 bits per heavy atom. The van der Waals surface area contributed by atoms with Crippen molar-refractivity contribution in [2.24, 2.45) is 5.92 Å². The highest BCUT2D eigenvalue weighted by Gasteiger charge is 2.25. The van der Waals surface area contributed by atoms with E-state index in [-0.39, 0.29) is 17.4 Å². The van der Waals surface area contributed by atoms with Gasteiger partial charge in [0.05, 0.1) is 16.2 Å². The lowest BCUT2D eigenvalue weighted by Crippen LogP contribution is -2.20. The van der Waals surface area contributed by atoms with Crippen molar-refractivity contribution < 1.29 is 9.72 Å². The maximum Gasteiger partial charge on any atom is 0.269 e. The molecule has 2 heterocycles. The number of rotatable bonds is 4. The molecule has 4 rings (SSSR count). The van der Waals surface area contributed by atoms with Crippen molar-refractivity contribution in [2.75, 3.05) is 0 Å². The van der Waals surface area contributed by atoms with Gasteiger partial charge in [0.2, 0.25) is 5.16 Å². The first kappa shape index (κ1) is 16.6. The van der Waals surface area contributed by atoms with Crippen LogP contribution in [0.15, 0.2) is 35.6 Å². The second-order valence-corrected chi connectivity index (χ2v) is 7.34. The van der Waals surface area contributed by atoms with Gasteiger partial charge in [-0.05, 0) is 17.9 Å². The third-order valence-electron chi connectivity index (χ3n) is 4.26. The molecule has 8 nitrogen and oxygen atoms in total. The lowest BCUT2D eigenvalue weighted by Gasteiger charge is -2.18. The van der Waals surface area contributed by atoms with Crippen molar-refractivity contribution in [1.29, 1.82) is 0 Å². The standard InChI is InChI=1S/C17H15N5O3S/c1-10-5-14-13(15(23)6-10)8-21-16(18-14)19-17(20-21)26-9-11-3-2-4-12(7-11)22(24)25/h2-4,7-8,10H,5-6,9H2,1H3/t10-/m1/s1. The fourth-order valence-corrected chi connectivity index (χ4v) is 3.79. The van der Waals surface area contributed by atoms with Gasteiger partial charge in [-0.15, -0.1) is 5.10 Å². The van der Waals surface area contributed by atoms with E-state index in [1.165, 1.54) is 22.3 Å². The molecule has 1 aromatic carbocycles. The smallest absolute Gasteiger partial charge is 0.269 e. The van der Waals surface area contributed by atoms with Crippen LogP contribution in [0.2, 0.25) is 0 Å². The number of carbonyl (C=O) groups excluding carboxylic acids is 1. The van der Waals surface area contributed by atoms with Crippen molar-refractivity contribution in [3.63, 3.8) is 0 Å². The lowest BCUT2D eigenvalue weighted by molar-refractivity contribution is -0.384. The molecule has 2 aromatic heterocycles. The number of nitro benzene ring substituents is 1. The molecule has 3 aromatic rings. The number of hydrogen-bond acceptors (Lipinski definition) is 7. The summed E-state index contributed by atoms with van der Waals surface area (Å²) in [6.07, 6.45) is 3.00. The summed E-state index contributed by atoms with van der Waals surface area (Å²) in [6.45, 7) is 2.04. The number of benzene rings is 1. The predicted molar refractivity (Wildman–Crippen MR) is 95.3 cm³/mol. The molecule has 1 aliphatic rings. The maximum absolute atomic E-state index is 12.2. The first-order valence-electron chi connectivity index (χ1n) is 8.15. The number of aromatic nitrogens is 4. The number of thioether (sulfide) groups is 1. The Hall–Kier alpha value is -2.81. The zero-order valence-corrected chi connectivity index (χ0v) is 14.8. The van der Waals surface area contributed by atoms with Gasteiger partial charge < -0.3 is 0 Å². The van der Waals surface area contributed by atoms with E-state index in [1.54, 1.807) is 18.3 Å². The quantitative estimate of drug-likeness (QED) is 0.395. The van der Waals surface area contributed by atoms with Crippen LogP contribution in [-0.4, -0.2) is 30.3 Å².